The minimum Gasteiger partial charge on any atom is -0.384 e. The summed E-state index contributed by atoms with van der Waals surface area (Å²) in [6.45, 7) is 3.74. The molecule has 0 aliphatic heterocycles. The largest absolute Gasteiger partial charge is 0.384 e. The van der Waals surface area contributed by atoms with Crippen LogP contribution in [0.15, 0.2) is 24.5 Å². The first-order chi connectivity index (χ1) is 8.00. The van der Waals surface area contributed by atoms with Crippen molar-refractivity contribution in [2.45, 2.75) is 13.8 Å². The normalized spacial score (nSPS) is 10.5. The Morgan fingerprint density at radius 2 is 2.12 bits per heavy atom. The molecule has 0 fully saturated rings. The fourth-order valence-corrected chi connectivity index (χ4v) is 1.61. The molecule has 2 aromatic rings. The lowest BCUT2D eigenvalue weighted by atomic mass is 10.2. The molecule has 1 heterocycles. The molecule has 0 saturated heterocycles. The predicted molar refractivity (Wildman–Crippen MR) is 64.0 cm³/mol. The standard InChI is InChI=1S/C12H13FN4/c1-7-8(2)17(6-16-7)11-4-3-9(12(14)15)5-10(11)13/h3-6H,1-2H3,(H3,14,15). The van der Waals surface area contributed by atoms with Crippen LogP contribution < -0.4 is 5.73 Å². The van der Waals surface area contributed by atoms with Gasteiger partial charge in [-0.15, -0.1) is 0 Å². The van der Waals surface area contributed by atoms with Gasteiger partial charge in [-0.3, -0.25) is 5.41 Å². The lowest BCUT2D eigenvalue weighted by molar-refractivity contribution is 0.616. The van der Waals surface area contributed by atoms with Crippen LogP contribution in [0, 0.1) is 25.1 Å². The summed E-state index contributed by atoms with van der Waals surface area (Å²) in [4.78, 5) is 4.12. The molecule has 0 spiro atoms. The van der Waals surface area contributed by atoms with Crippen LogP contribution in [0.3, 0.4) is 0 Å². The number of hydrogen-bond donors (Lipinski definition) is 2. The van der Waals surface area contributed by atoms with E-state index in [9.17, 15) is 4.39 Å². The molecule has 1 aromatic heterocycles. The number of nitrogens with zero attached hydrogens (tertiary/aromatic N) is 2. The van der Waals surface area contributed by atoms with Gasteiger partial charge in [-0.1, -0.05) is 0 Å². The third kappa shape index (κ3) is 1.91. The zero-order chi connectivity index (χ0) is 12.6. The van der Waals surface area contributed by atoms with E-state index in [-0.39, 0.29) is 5.84 Å². The number of nitrogens with one attached hydrogen (secondary N) is 1. The van der Waals surface area contributed by atoms with E-state index in [0.717, 1.165) is 11.4 Å². The van der Waals surface area contributed by atoms with Crippen molar-refractivity contribution in [3.05, 3.63) is 47.3 Å². The Morgan fingerprint density at radius 3 is 2.59 bits per heavy atom. The first-order valence-corrected chi connectivity index (χ1v) is 5.15. The van der Waals surface area contributed by atoms with Crippen molar-refractivity contribution >= 4 is 5.84 Å². The van der Waals surface area contributed by atoms with E-state index in [1.807, 2.05) is 13.8 Å². The fraction of sp³-hybridized carbons (Fsp3) is 0.167. The molecule has 5 heteroatoms. The Hall–Kier alpha value is -2.17. The number of aromatic nitrogens is 2. The van der Waals surface area contributed by atoms with E-state index < -0.39 is 5.82 Å². The van der Waals surface area contributed by atoms with Crippen molar-refractivity contribution in [2.75, 3.05) is 0 Å². The van der Waals surface area contributed by atoms with Crippen molar-refractivity contribution in [2.24, 2.45) is 5.73 Å². The lowest BCUT2D eigenvalue weighted by Crippen LogP contribution is -2.12. The average molecular weight is 232 g/mol. The lowest BCUT2D eigenvalue weighted by Gasteiger charge is -2.08. The summed E-state index contributed by atoms with van der Waals surface area (Å²) in [5, 5.41) is 7.25. The van der Waals surface area contributed by atoms with Crippen LogP contribution in [0.2, 0.25) is 0 Å². The Balaban J connectivity index is 2.54. The zero-order valence-corrected chi connectivity index (χ0v) is 9.66. The SMILES string of the molecule is Cc1ncn(-c2ccc(C(=N)N)cc2F)c1C. The minimum atomic E-state index is -0.418. The van der Waals surface area contributed by atoms with Crippen LogP contribution in [0.4, 0.5) is 4.39 Å². The summed E-state index contributed by atoms with van der Waals surface area (Å²) >= 11 is 0. The minimum absolute atomic E-state index is 0.144. The summed E-state index contributed by atoms with van der Waals surface area (Å²) < 4.78 is 15.6. The predicted octanol–water partition coefficient (Wildman–Crippen LogP) is 1.91. The van der Waals surface area contributed by atoms with Gasteiger partial charge in [-0.05, 0) is 32.0 Å². The Kier molecular flexibility index (Phi) is 2.67. The molecular weight excluding hydrogens is 219 g/mol. The van der Waals surface area contributed by atoms with Gasteiger partial charge < -0.3 is 10.3 Å². The second-order valence-corrected chi connectivity index (χ2v) is 3.87. The monoisotopic (exact) mass is 232 g/mol. The number of amidine groups is 1. The van der Waals surface area contributed by atoms with E-state index in [2.05, 4.69) is 4.98 Å². The van der Waals surface area contributed by atoms with Crippen molar-refractivity contribution in [3.63, 3.8) is 0 Å². The zero-order valence-electron chi connectivity index (χ0n) is 9.66. The van der Waals surface area contributed by atoms with Crippen LogP contribution in [-0.2, 0) is 0 Å². The van der Waals surface area contributed by atoms with Gasteiger partial charge in [-0.2, -0.15) is 0 Å². The van der Waals surface area contributed by atoms with Gasteiger partial charge in [0.25, 0.3) is 0 Å². The topological polar surface area (TPSA) is 67.7 Å². The quantitative estimate of drug-likeness (QED) is 0.613. The van der Waals surface area contributed by atoms with Crippen molar-refractivity contribution in [3.8, 4) is 5.69 Å². The molecule has 0 saturated carbocycles. The highest BCUT2D eigenvalue weighted by Crippen LogP contribution is 2.18. The number of nitrogens with two attached hydrogens (primary N) is 1. The Morgan fingerprint density at radius 1 is 1.41 bits per heavy atom. The van der Waals surface area contributed by atoms with Crippen molar-refractivity contribution < 1.29 is 4.39 Å². The maximum absolute atomic E-state index is 13.9. The molecule has 0 unspecified atom stereocenters. The van der Waals surface area contributed by atoms with Crippen LogP contribution in [0.5, 0.6) is 0 Å². The summed E-state index contributed by atoms with van der Waals surface area (Å²) in [6, 6.07) is 4.47. The first-order valence-electron chi connectivity index (χ1n) is 5.15. The van der Waals surface area contributed by atoms with E-state index >= 15 is 0 Å². The summed E-state index contributed by atoms with van der Waals surface area (Å²) in [5.74, 6) is -0.563. The molecular formula is C12H13FN4. The summed E-state index contributed by atoms with van der Waals surface area (Å²) in [7, 11) is 0. The number of imidazole rings is 1. The van der Waals surface area contributed by atoms with Gasteiger partial charge in [-0.25, -0.2) is 9.37 Å². The van der Waals surface area contributed by atoms with Crippen LogP contribution >= 0.6 is 0 Å². The molecule has 1 aromatic carbocycles. The van der Waals surface area contributed by atoms with Crippen LogP contribution in [0.25, 0.3) is 5.69 Å². The molecule has 0 bridgehead atoms. The highest BCUT2D eigenvalue weighted by molar-refractivity contribution is 5.95. The van der Waals surface area contributed by atoms with Gasteiger partial charge in [0.1, 0.15) is 11.7 Å². The second-order valence-electron chi connectivity index (χ2n) is 3.87. The van der Waals surface area contributed by atoms with Crippen LogP contribution in [0.1, 0.15) is 17.0 Å². The molecule has 0 atom stereocenters. The second kappa shape index (κ2) is 4.01. The first kappa shape index (κ1) is 11.3. The van der Waals surface area contributed by atoms with E-state index in [0.29, 0.717) is 11.3 Å². The van der Waals surface area contributed by atoms with E-state index in [1.165, 1.54) is 6.07 Å². The van der Waals surface area contributed by atoms with Gasteiger partial charge in [0.15, 0.2) is 0 Å². The number of aryl methyl sites for hydroxylation is 1. The number of halogens is 1. The van der Waals surface area contributed by atoms with Crippen molar-refractivity contribution in [1.82, 2.24) is 9.55 Å². The van der Waals surface area contributed by atoms with Gasteiger partial charge >= 0.3 is 0 Å². The summed E-state index contributed by atoms with van der Waals surface area (Å²) in [6.07, 6.45) is 1.58. The number of benzene rings is 1. The smallest absolute Gasteiger partial charge is 0.147 e. The molecule has 0 aliphatic rings. The molecule has 2 rings (SSSR count). The maximum atomic E-state index is 13.9. The van der Waals surface area contributed by atoms with Crippen LogP contribution in [-0.4, -0.2) is 15.4 Å². The number of hydrogen-bond acceptors (Lipinski definition) is 2. The molecule has 0 amide bonds. The average Bonchev–Trinajstić information content (AvgIpc) is 2.60. The molecule has 3 N–H and O–H groups in total. The highest BCUT2D eigenvalue weighted by atomic mass is 19.1. The fourth-order valence-electron chi connectivity index (χ4n) is 1.61. The molecule has 88 valence electrons. The molecule has 0 aliphatic carbocycles. The molecule has 0 radical (unpaired) electrons. The third-order valence-electron chi connectivity index (χ3n) is 2.77. The third-order valence-corrected chi connectivity index (χ3v) is 2.77. The maximum Gasteiger partial charge on any atom is 0.147 e. The molecule has 4 nitrogen and oxygen atoms in total. The van der Waals surface area contributed by atoms with Gasteiger partial charge in [0, 0.05) is 11.3 Å². The van der Waals surface area contributed by atoms with Gasteiger partial charge in [0.2, 0.25) is 0 Å². The summed E-state index contributed by atoms with van der Waals surface area (Å²) in [5.41, 5.74) is 7.84. The Labute approximate surface area is 98.4 Å². The van der Waals surface area contributed by atoms with Gasteiger partial charge in [0.05, 0.1) is 17.7 Å². The number of rotatable bonds is 2. The van der Waals surface area contributed by atoms with Crippen molar-refractivity contribution in [1.29, 1.82) is 5.41 Å². The van der Waals surface area contributed by atoms with E-state index in [1.54, 1.807) is 23.0 Å². The molecule has 17 heavy (non-hydrogen) atoms. The number of nitrogen functional groups attached to an aromatic ring is 1. The van der Waals surface area contributed by atoms with E-state index in [4.69, 9.17) is 11.1 Å². The highest BCUT2D eigenvalue weighted by Gasteiger charge is 2.10. The Bertz CT molecular complexity index is 586.